The summed E-state index contributed by atoms with van der Waals surface area (Å²) < 4.78 is 38.0. The predicted octanol–water partition coefficient (Wildman–Crippen LogP) is 2.53. The summed E-state index contributed by atoms with van der Waals surface area (Å²) in [5.74, 6) is -0.794. The second-order valence-electron chi connectivity index (χ2n) is 4.47. The molecule has 1 aromatic rings. The molecule has 110 valence electrons. The van der Waals surface area contributed by atoms with Gasteiger partial charge in [-0.3, -0.25) is 4.79 Å². The highest BCUT2D eigenvalue weighted by atomic mass is 35.5. The fourth-order valence-electron chi connectivity index (χ4n) is 1.92. The summed E-state index contributed by atoms with van der Waals surface area (Å²) in [5, 5.41) is 9.51. The molecular formula is C11H9Cl2F3N2O2. The Morgan fingerprint density at radius 3 is 2.60 bits per heavy atom. The van der Waals surface area contributed by atoms with Gasteiger partial charge < -0.3 is 10.0 Å². The number of aromatic nitrogens is 1. The average molecular weight is 329 g/mol. The largest absolute Gasteiger partial charge is 0.419 e. The fourth-order valence-corrected chi connectivity index (χ4v) is 2.25. The first kappa shape index (κ1) is 15.3. The highest BCUT2D eigenvalue weighted by Crippen LogP contribution is 2.38. The maximum atomic E-state index is 12.7. The maximum absolute atomic E-state index is 12.7. The van der Waals surface area contributed by atoms with Gasteiger partial charge in [0.2, 0.25) is 0 Å². The molecule has 9 heteroatoms. The van der Waals surface area contributed by atoms with Crippen LogP contribution in [0.3, 0.4) is 0 Å². The van der Waals surface area contributed by atoms with Crippen LogP contribution in [-0.4, -0.2) is 45.8 Å². The zero-order valence-corrected chi connectivity index (χ0v) is 11.4. The van der Waals surface area contributed by atoms with Gasteiger partial charge in [-0.1, -0.05) is 23.2 Å². The zero-order valence-electron chi connectivity index (χ0n) is 9.92. The lowest BCUT2D eigenvalue weighted by Gasteiger charge is -2.25. The Morgan fingerprint density at radius 2 is 2.05 bits per heavy atom. The minimum absolute atomic E-state index is 0.00281. The number of pyridine rings is 1. The number of aliphatic hydroxyl groups is 1. The predicted molar refractivity (Wildman–Crippen MR) is 65.8 cm³/mol. The van der Waals surface area contributed by atoms with Crippen LogP contribution in [0.2, 0.25) is 10.2 Å². The number of hydrogen-bond donors (Lipinski definition) is 1. The third kappa shape index (κ3) is 2.70. The van der Waals surface area contributed by atoms with Gasteiger partial charge in [-0.05, 0) is 12.1 Å². The molecule has 1 atom stereocenters. The molecule has 0 bridgehead atoms. The van der Waals surface area contributed by atoms with Crippen LogP contribution in [0.5, 0.6) is 0 Å². The van der Waals surface area contributed by atoms with Crippen molar-refractivity contribution in [2.24, 2.45) is 0 Å². The van der Waals surface area contributed by atoms with Crippen LogP contribution in [0.15, 0.2) is 12.1 Å². The summed E-state index contributed by atoms with van der Waals surface area (Å²) >= 11 is 11.4. The van der Waals surface area contributed by atoms with Crippen molar-refractivity contribution < 1.29 is 23.1 Å². The first-order valence-corrected chi connectivity index (χ1v) is 6.30. The normalized spacial score (nSPS) is 23.2. The van der Waals surface area contributed by atoms with Gasteiger partial charge >= 0.3 is 6.18 Å². The number of likely N-dealkylation sites (tertiary alicyclic amines) is 1. The number of nitrogens with zero attached hydrogens (tertiary/aromatic N) is 2. The van der Waals surface area contributed by atoms with Gasteiger partial charge in [0.15, 0.2) is 5.60 Å². The molecule has 0 aliphatic carbocycles. The van der Waals surface area contributed by atoms with Crippen molar-refractivity contribution in [3.05, 3.63) is 28.0 Å². The summed E-state index contributed by atoms with van der Waals surface area (Å²) in [6, 6.07) is 2.69. The van der Waals surface area contributed by atoms with Gasteiger partial charge in [-0.25, -0.2) is 4.98 Å². The molecule has 0 saturated carbocycles. The Kier molecular flexibility index (Phi) is 3.88. The number of rotatable bonds is 1. The van der Waals surface area contributed by atoms with Crippen molar-refractivity contribution in [1.82, 2.24) is 9.88 Å². The van der Waals surface area contributed by atoms with E-state index >= 15 is 0 Å². The van der Waals surface area contributed by atoms with Crippen molar-refractivity contribution in [1.29, 1.82) is 0 Å². The third-order valence-corrected chi connectivity index (χ3v) is 3.59. The van der Waals surface area contributed by atoms with E-state index in [-0.39, 0.29) is 22.4 Å². The van der Waals surface area contributed by atoms with E-state index < -0.39 is 30.7 Å². The van der Waals surface area contributed by atoms with Gasteiger partial charge in [0.1, 0.15) is 10.8 Å². The van der Waals surface area contributed by atoms with Gasteiger partial charge in [0.25, 0.3) is 5.91 Å². The quantitative estimate of drug-likeness (QED) is 0.806. The number of halogens is 5. The number of alkyl halides is 3. The van der Waals surface area contributed by atoms with Gasteiger partial charge in [0, 0.05) is 13.0 Å². The van der Waals surface area contributed by atoms with Crippen LogP contribution in [0.4, 0.5) is 13.2 Å². The minimum atomic E-state index is -4.80. The number of carbonyl (C=O) groups excluding carboxylic acids is 1. The number of β-amino-alcohol motifs (C(OH)–C–C–N with tert-alkyl or cyclic N) is 1. The van der Waals surface area contributed by atoms with Crippen molar-refractivity contribution >= 4 is 29.1 Å². The fraction of sp³-hybridized carbons (Fsp3) is 0.455. The van der Waals surface area contributed by atoms with Crippen LogP contribution < -0.4 is 0 Å². The van der Waals surface area contributed by atoms with E-state index in [0.29, 0.717) is 0 Å². The second-order valence-corrected chi connectivity index (χ2v) is 5.26. The molecule has 1 amide bonds. The highest BCUT2D eigenvalue weighted by Gasteiger charge is 2.58. The lowest BCUT2D eigenvalue weighted by molar-refractivity contribution is -0.253. The lowest BCUT2D eigenvalue weighted by atomic mass is 10.0. The molecule has 4 nitrogen and oxygen atoms in total. The number of amides is 1. The molecule has 2 heterocycles. The van der Waals surface area contributed by atoms with E-state index in [4.69, 9.17) is 23.2 Å². The van der Waals surface area contributed by atoms with Crippen molar-refractivity contribution in [2.75, 3.05) is 13.1 Å². The molecule has 1 fully saturated rings. The van der Waals surface area contributed by atoms with Gasteiger partial charge in [0.05, 0.1) is 11.6 Å². The summed E-state index contributed by atoms with van der Waals surface area (Å²) in [7, 11) is 0. The first-order valence-electron chi connectivity index (χ1n) is 5.54. The monoisotopic (exact) mass is 328 g/mol. The van der Waals surface area contributed by atoms with Crippen LogP contribution in [0.1, 0.15) is 16.9 Å². The standard InChI is InChI=1S/C11H9Cl2F3N2O2/c12-6-1-2-7(13)17-8(6)9(19)18-4-3-10(20,5-18)11(14,15)16/h1-2,20H,3-5H2/t10-/m0/s1. The van der Waals surface area contributed by atoms with E-state index in [2.05, 4.69) is 4.98 Å². The Labute approximate surface area is 122 Å². The third-order valence-electron chi connectivity index (χ3n) is 3.08. The minimum Gasteiger partial charge on any atom is -0.379 e. The molecule has 0 spiro atoms. The molecule has 2 rings (SSSR count). The summed E-state index contributed by atoms with van der Waals surface area (Å²) in [6.07, 6.45) is -5.38. The molecule has 1 aliphatic rings. The molecule has 0 radical (unpaired) electrons. The summed E-state index contributed by atoms with van der Waals surface area (Å²) in [4.78, 5) is 16.6. The average Bonchev–Trinajstić information content (AvgIpc) is 2.75. The number of hydrogen-bond acceptors (Lipinski definition) is 3. The van der Waals surface area contributed by atoms with E-state index in [1.54, 1.807) is 0 Å². The molecule has 20 heavy (non-hydrogen) atoms. The Bertz CT molecular complexity index is 553. The van der Waals surface area contributed by atoms with Crippen molar-refractivity contribution in [2.45, 2.75) is 18.2 Å². The Hall–Kier alpha value is -1.05. The zero-order chi connectivity index (χ0) is 15.1. The van der Waals surface area contributed by atoms with Crippen molar-refractivity contribution in [3.63, 3.8) is 0 Å². The van der Waals surface area contributed by atoms with E-state index in [0.717, 1.165) is 4.90 Å². The van der Waals surface area contributed by atoms with Crippen LogP contribution >= 0.6 is 23.2 Å². The van der Waals surface area contributed by atoms with Crippen LogP contribution in [-0.2, 0) is 0 Å². The molecular weight excluding hydrogens is 320 g/mol. The molecule has 1 N–H and O–H groups in total. The van der Waals surface area contributed by atoms with Gasteiger partial charge in [-0.2, -0.15) is 13.2 Å². The topological polar surface area (TPSA) is 53.4 Å². The summed E-state index contributed by atoms with van der Waals surface area (Å²) in [5.41, 5.74) is -3.13. The molecule has 0 aromatic carbocycles. The maximum Gasteiger partial charge on any atom is 0.419 e. The Morgan fingerprint density at radius 1 is 1.40 bits per heavy atom. The molecule has 1 saturated heterocycles. The molecule has 0 unspecified atom stereocenters. The van der Waals surface area contributed by atoms with Crippen LogP contribution in [0.25, 0.3) is 0 Å². The first-order chi connectivity index (χ1) is 9.14. The van der Waals surface area contributed by atoms with E-state index in [1.165, 1.54) is 12.1 Å². The van der Waals surface area contributed by atoms with Crippen LogP contribution in [0, 0.1) is 0 Å². The van der Waals surface area contributed by atoms with Gasteiger partial charge in [-0.15, -0.1) is 0 Å². The molecule has 1 aliphatic heterocycles. The second kappa shape index (κ2) is 5.05. The van der Waals surface area contributed by atoms with E-state index in [9.17, 15) is 23.1 Å². The summed E-state index contributed by atoms with van der Waals surface area (Å²) in [6.45, 7) is -1.08. The SMILES string of the molecule is O=C(c1nc(Cl)ccc1Cl)N1CC[C@@](O)(C(F)(F)F)C1. The number of carbonyl (C=O) groups is 1. The highest BCUT2D eigenvalue weighted by molar-refractivity contribution is 6.34. The Balaban J connectivity index is 2.22. The molecule has 1 aromatic heterocycles. The van der Waals surface area contributed by atoms with E-state index in [1.807, 2.05) is 0 Å². The lowest BCUT2D eigenvalue weighted by Crippen LogP contribution is -2.48. The smallest absolute Gasteiger partial charge is 0.379 e. The van der Waals surface area contributed by atoms with Crippen molar-refractivity contribution in [3.8, 4) is 0 Å².